The van der Waals surface area contributed by atoms with Crippen LogP contribution in [0.5, 0.6) is 5.75 Å². The van der Waals surface area contributed by atoms with E-state index in [0.717, 1.165) is 44.2 Å². The van der Waals surface area contributed by atoms with Gasteiger partial charge in [-0.15, -0.1) is 0 Å². The molecule has 36 heavy (non-hydrogen) atoms. The monoisotopic (exact) mass is 491 g/mol. The molecule has 5 heterocycles. The summed E-state index contributed by atoms with van der Waals surface area (Å²) >= 11 is 0. The molecule has 1 atom stereocenters. The summed E-state index contributed by atoms with van der Waals surface area (Å²) in [6.45, 7) is 7.84. The summed E-state index contributed by atoms with van der Waals surface area (Å²) in [5.41, 5.74) is 1.46. The number of carbonyl (C=O) groups is 2. The van der Waals surface area contributed by atoms with E-state index in [9.17, 15) is 9.59 Å². The number of ether oxygens (including phenoxy) is 2. The van der Waals surface area contributed by atoms with Crippen LogP contribution in [-0.2, 0) is 16.9 Å². The second-order valence-corrected chi connectivity index (χ2v) is 9.39. The maximum atomic E-state index is 13.7. The Kier molecular flexibility index (Phi) is 5.77. The van der Waals surface area contributed by atoms with Crippen LogP contribution in [0.3, 0.4) is 0 Å². The van der Waals surface area contributed by atoms with Gasteiger partial charge in [0, 0.05) is 44.5 Å². The highest BCUT2D eigenvalue weighted by molar-refractivity contribution is 5.98. The van der Waals surface area contributed by atoms with Crippen molar-refractivity contribution in [3.63, 3.8) is 0 Å². The minimum Gasteiger partial charge on any atom is -0.492 e. The molecule has 10 nitrogen and oxygen atoms in total. The van der Waals surface area contributed by atoms with Gasteiger partial charge < -0.3 is 28.4 Å². The van der Waals surface area contributed by atoms with E-state index in [0.29, 0.717) is 43.2 Å². The van der Waals surface area contributed by atoms with Gasteiger partial charge in [-0.05, 0) is 31.2 Å². The van der Waals surface area contributed by atoms with Crippen molar-refractivity contribution in [2.24, 2.45) is 0 Å². The van der Waals surface area contributed by atoms with Gasteiger partial charge in [-0.2, -0.15) is 0 Å². The van der Waals surface area contributed by atoms with Gasteiger partial charge in [-0.1, -0.05) is 17.3 Å². The Bertz CT molecular complexity index is 1260. The van der Waals surface area contributed by atoms with Crippen LogP contribution >= 0.6 is 0 Å². The first kappa shape index (κ1) is 22.8. The van der Waals surface area contributed by atoms with Crippen LogP contribution in [-0.4, -0.2) is 88.8 Å². The third kappa shape index (κ3) is 3.68. The van der Waals surface area contributed by atoms with Gasteiger partial charge in [0.15, 0.2) is 5.66 Å². The zero-order valence-corrected chi connectivity index (χ0v) is 20.3. The predicted octanol–water partition coefficient (Wildman–Crippen LogP) is 1.96. The average Bonchev–Trinajstić information content (AvgIpc) is 3.64. The van der Waals surface area contributed by atoms with Gasteiger partial charge in [0.1, 0.15) is 29.9 Å². The summed E-state index contributed by atoms with van der Waals surface area (Å²) in [4.78, 5) is 33.2. The molecular weight excluding hydrogens is 462 g/mol. The van der Waals surface area contributed by atoms with E-state index in [2.05, 4.69) is 10.1 Å². The molecule has 188 valence electrons. The SMILES string of the molecule is Cc1nocc1C(=O)N1CCN2C(=O)c3cccn3CC12c1ccc(OCCN2CCOCC2)cc1. The Morgan fingerprint density at radius 2 is 1.92 bits per heavy atom. The fraction of sp³-hybridized carbons (Fsp3) is 0.423. The Morgan fingerprint density at radius 3 is 2.67 bits per heavy atom. The van der Waals surface area contributed by atoms with Gasteiger partial charge in [-0.3, -0.25) is 14.5 Å². The lowest BCUT2D eigenvalue weighted by atomic mass is 9.93. The molecule has 1 aromatic carbocycles. The van der Waals surface area contributed by atoms with Crippen molar-refractivity contribution in [3.05, 3.63) is 71.4 Å². The van der Waals surface area contributed by atoms with Gasteiger partial charge in [0.2, 0.25) is 0 Å². The van der Waals surface area contributed by atoms with Crippen molar-refractivity contribution in [3.8, 4) is 5.75 Å². The van der Waals surface area contributed by atoms with Crippen molar-refractivity contribution in [2.45, 2.75) is 19.1 Å². The van der Waals surface area contributed by atoms with Crippen LogP contribution in [0.15, 0.2) is 53.4 Å². The van der Waals surface area contributed by atoms with Crippen molar-refractivity contribution in [1.29, 1.82) is 0 Å². The van der Waals surface area contributed by atoms with Gasteiger partial charge in [0.05, 0.1) is 25.5 Å². The Hall–Kier alpha value is -3.63. The summed E-state index contributed by atoms with van der Waals surface area (Å²) in [7, 11) is 0. The number of amides is 2. The largest absolute Gasteiger partial charge is 0.492 e. The predicted molar refractivity (Wildman–Crippen MR) is 129 cm³/mol. The summed E-state index contributed by atoms with van der Waals surface area (Å²) in [5, 5.41) is 3.89. The molecule has 1 unspecified atom stereocenters. The molecule has 2 amide bonds. The zero-order chi connectivity index (χ0) is 24.7. The van der Waals surface area contributed by atoms with E-state index in [-0.39, 0.29) is 11.8 Å². The first-order valence-corrected chi connectivity index (χ1v) is 12.3. The van der Waals surface area contributed by atoms with Crippen molar-refractivity contribution < 1.29 is 23.6 Å². The molecule has 2 saturated heterocycles. The molecule has 0 N–H and O–H groups in total. The maximum absolute atomic E-state index is 13.7. The number of carbonyl (C=O) groups excluding carboxylic acids is 2. The number of aromatic nitrogens is 2. The van der Waals surface area contributed by atoms with Crippen molar-refractivity contribution >= 4 is 11.8 Å². The van der Waals surface area contributed by atoms with E-state index >= 15 is 0 Å². The molecule has 0 saturated carbocycles. The van der Waals surface area contributed by atoms with Gasteiger partial charge in [-0.25, -0.2) is 0 Å². The summed E-state index contributed by atoms with van der Waals surface area (Å²) in [5.74, 6) is 0.462. The molecule has 0 bridgehead atoms. The lowest BCUT2D eigenvalue weighted by Crippen LogP contribution is -2.60. The number of aryl methyl sites for hydroxylation is 1. The first-order chi connectivity index (χ1) is 17.6. The van der Waals surface area contributed by atoms with E-state index in [1.165, 1.54) is 6.26 Å². The number of hydrogen-bond acceptors (Lipinski definition) is 7. The number of fused-ring (bicyclic) bond motifs is 2. The molecule has 6 rings (SSSR count). The summed E-state index contributed by atoms with van der Waals surface area (Å²) in [6.07, 6.45) is 3.27. The molecule has 3 aliphatic rings. The second-order valence-electron chi connectivity index (χ2n) is 9.39. The Morgan fingerprint density at radius 1 is 1.11 bits per heavy atom. The van der Waals surface area contributed by atoms with E-state index in [1.807, 2.05) is 52.1 Å². The van der Waals surface area contributed by atoms with Crippen LogP contribution < -0.4 is 4.74 Å². The quantitative estimate of drug-likeness (QED) is 0.520. The van der Waals surface area contributed by atoms with Crippen LogP contribution in [0.1, 0.15) is 32.1 Å². The normalized spacial score (nSPS) is 22.0. The van der Waals surface area contributed by atoms with E-state index in [1.54, 1.807) is 11.8 Å². The van der Waals surface area contributed by atoms with Gasteiger partial charge >= 0.3 is 0 Å². The Balaban J connectivity index is 1.30. The molecule has 2 fully saturated rings. The molecule has 0 radical (unpaired) electrons. The smallest absolute Gasteiger partial charge is 0.272 e. The second kappa shape index (κ2) is 9.11. The van der Waals surface area contributed by atoms with Crippen LogP contribution in [0, 0.1) is 6.92 Å². The minimum absolute atomic E-state index is 0.0885. The molecule has 0 spiro atoms. The van der Waals surface area contributed by atoms with Gasteiger partial charge in [0.25, 0.3) is 11.8 Å². The fourth-order valence-electron chi connectivity index (χ4n) is 5.53. The highest BCUT2D eigenvalue weighted by Gasteiger charge is 2.56. The van der Waals surface area contributed by atoms with Crippen molar-refractivity contribution in [1.82, 2.24) is 24.4 Å². The first-order valence-electron chi connectivity index (χ1n) is 12.3. The Labute approximate surface area is 208 Å². The third-order valence-corrected chi connectivity index (χ3v) is 7.45. The van der Waals surface area contributed by atoms with Crippen LogP contribution in [0.2, 0.25) is 0 Å². The summed E-state index contributed by atoms with van der Waals surface area (Å²) in [6, 6.07) is 11.5. The highest BCUT2D eigenvalue weighted by Crippen LogP contribution is 2.44. The molecule has 10 heteroatoms. The number of hydrogen-bond donors (Lipinski definition) is 0. The zero-order valence-electron chi connectivity index (χ0n) is 20.3. The number of nitrogens with zero attached hydrogens (tertiary/aromatic N) is 5. The molecule has 3 aliphatic heterocycles. The third-order valence-electron chi connectivity index (χ3n) is 7.45. The fourth-order valence-corrected chi connectivity index (χ4v) is 5.53. The van der Waals surface area contributed by atoms with Crippen LogP contribution in [0.25, 0.3) is 0 Å². The number of benzene rings is 1. The standard InChI is InChI=1S/C26H29N5O5/c1-19-22(17-36-27-19)24(32)30-9-10-31-25(33)23-3-2-8-29(23)18-26(30,31)20-4-6-21(7-5-20)35-16-13-28-11-14-34-15-12-28/h2-8,17H,9-16,18H2,1H3. The van der Waals surface area contributed by atoms with Crippen LogP contribution in [0.4, 0.5) is 0 Å². The average molecular weight is 492 g/mol. The molecular formula is C26H29N5O5. The number of rotatable bonds is 6. The maximum Gasteiger partial charge on any atom is 0.272 e. The molecule has 3 aromatic rings. The van der Waals surface area contributed by atoms with E-state index in [4.69, 9.17) is 14.0 Å². The molecule has 2 aromatic heterocycles. The summed E-state index contributed by atoms with van der Waals surface area (Å²) < 4.78 is 18.4. The number of morpholine rings is 1. The van der Waals surface area contributed by atoms with Crippen molar-refractivity contribution in [2.75, 3.05) is 52.5 Å². The van der Waals surface area contributed by atoms with E-state index < -0.39 is 5.66 Å². The lowest BCUT2D eigenvalue weighted by Gasteiger charge is -2.47. The lowest BCUT2D eigenvalue weighted by molar-refractivity contribution is -0.00598. The minimum atomic E-state index is -0.962. The molecule has 0 aliphatic carbocycles. The topological polar surface area (TPSA) is 93.3 Å². The highest BCUT2D eigenvalue weighted by atomic mass is 16.5.